The summed E-state index contributed by atoms with van der Waals surface area (Å²) in [6.45, 7) is 7.25. The first-order valence-corrected chi connectivity index (χ1v) is 10.0. The van der Waals surface area contributed by atoms with Gasteiger partial charge in [0.1, 0.15) is 12.2 Å². The summed E-state index contributed by atoms with van der Waals surface area (Å²) in [4.78, 5) is 24.2. The zero-order valence-corrected chi connectivity index (χ0v) is 17.8. The van der Waals surface area contributed by atoms with Gasteiger partial charge in [-0.3, -0.25) is 10.1 Å². The molecule has 0 saturated heterocycles. The quantitative estimate of drug-likeness (QED) is 0.505. The topological polar surface area (TPSA) is 64.6 Å². The molecule has 0 fully saturated rings. The first-order chi connectivity index (χ1) is 14.3. The summed E-state index contributed by atoms with van der Waals surface area (Å²) in [7, 11) is 0. The molecule has 0 bridgehead atoms. The molecule has 1 N–H and O–H groups in total. The van der Waals surface area contributed by atoms with Crippen molar-refractivity contribution in [2.45, 2.75) is 46.3 Å². The van der Waals surface area contributed by atoms with Crippen molar-refractivity contribution in [3.63, 3.8) is 0 Å². The molecule has 0 atom stereocenters. The van der Waals surface area contributed by atoms with Crippen LogP contribution in [0.5, 0.6) is 0 Å². The Labute approximate surface area is 177 Å². The van der Waals surface area contributed by atoms with Crippen molar-refractivity contribution in [1.29, 1.82) is 0 Å². The van der Waals surface area contributed by atoms with E-state index in [2.05, 4.69) is 17.4 Å². The molecular weight excluding hydrogens is 378 g/mol. The molecule has 0 spiro atoms. The molecule has 0 aliphatic rings. The van der Waals surface area contributed by atoms with Crippen LogP contribution in [0.3, 0.4) is 0 Å². The zero-order valence-electron chi connectivity index (χ0n) is 17.8. The van der Waals surface area contributed by atoms with Crippen LogP contribution in [0.25, 0.3) is 21.9 Å². The average Bonchev–Trinajstić information content (AvgIpc) is 2.70. The molecule has 3 rings (SSSR count). The van der Waals surface area contributed by atoms with Crippen LogP contribution in [0.4, 0.5) is 10.5 Å². The van der Waals surface area contributed by atoms with Crippen LogP contribution >= 0.6 is 0 Å². The minimum absolute atomic E-state index is 0.0687. The fourth-order valence-electron chi connectivity index (χ4n) is 3.13. The van der Waals surface area contributed by atoms with Gasteiger partial charge >= 0.3 is 12.1 Å². The van der Waals surface area contributed by atoms with Crippen LogP contribution in [0.15, 0.2) is 60.7 Å². The maximum absolute atomic E-state index is 12.5. The summed E-state index contributed by atoms with van der Waals surface area (Å²) >= 11 is 0. The molecular formula is C25H27NO4. The minimum atomic E-state index is -0.628. The number of fused-ring (bicyclic) bond motifs is 1. The molecule has 0 radical (unpaired) electrons. The van der Waals surface area contributed by atoms with Gasteiger partial charge < -0.3 is 9.47 Å². The van der Waals surface area contributed by atoms with Crippen molar-refractivity contribution >= 4 is 28.5 Å². The predicted octanol–water partition coefficient (Wildman–Crippen LogP) is 6.31. The third kappa shape index (κ3) is 5.38. The number of rotatable bonds is 5. The van der Waals surface area contributed by atoms with Crippen LogP contribution in [-0.4, -0.2) is 17.7 Å². The fourth-order valence-corrected chi connectivity index (χ4v) is 3.13. The number of hydrogen-bond acceptors (Lipinski definition) is 4. The molecule has 0 aliphatic heterocycles. The molecule has 0 heterocycles. The lowest BCUT2D eigenvalue weighted by Crippen LogP contribution is -2.27. The molecule has 5 heteroatoms. The zero-order chi connectivity index (χ0) is 21.7. The van der Waals surface area contributed by atoms with Gasteiger partial charge in [0, 0.05) is 17.5 Å². The summed E-state index contributed by atoms with van der Waals surface area (Å²) in [6.07, 6.45) is -0.266. The number of hydrogen-bond donors (Lipinski definition) is 1. The van der Waals surface area contributed by atoms with Crippen molar-refractivity contribution < 1.29 is 19.1 Å². The second-order valence-corrected chi connectivity index (χ2v) is 8.04. The lowest BCUT2D eigenvalue weighted by Gasteiger charge is -2.22. The second kappa shape index (κ2) is 8.99. The van der Waals surface area contributed by atoms with Gasteiger partial charge in [-0.25, -0.2) is 4.79 Å². The van der Waals surface area contributed by atoms with E-state index in [4.69, 9.17) is 9.47 Å². The normalized spacial score (nSPS) is 11.2. The van der Waals surface area contributed by atoms with E-state index >= 15 is 0 Å². The minimum Gasteiger partial charge on any atom is -0.461 e. The Hall–Kier alpha value is -3.34. The molecule has 0 unspecified atom stereocenters. The monoisotopic (exact) mass is 405 g/mol. The lowest BCUT2D eigenvalue weighted by atomic mass is 9.97. The van der Waals surface area contributed by atoms with Crippen molar-refractivity contribution in [1.82, 2.24) is 0 Å². The number of amides is 1. The van der Waals surface area contributed by atoms with Crippen LogP contribution in [-0.2, 0) is 20.9 Å². The highest BCUT2D eigenvalue weighted by Crippen LogP contribution is 2.34. The second-order valence-electron chi connectivity index (χ2n) is 8.04. The van der Waals surface area contributed by atoms with Crippen LogP contribution < -0.4 is 5.32 Å². The maximum Gasteiger partial charge on any atom is 0.412 e. The highest BCUT2D eigenvalue weighted by molar-refractivity contribution is 5.95. The number of carbonyl (C=O) groups is 2. The predicted molar refractivity (Wildman–Crippen MR) is 119 cm³/mol. The SMILES string of the molecule is CCC(=O)OCc1cccc(-c2ccc3ccccc3c2)c1NC(=O)OC(C)(C)C. The Bertz CT molecular complexity index is 1070. The van der Waals surface area contributed by atoms with Crippen molar-refractivity contribution in [2.24, 2.45) is 0 Å². The van der Waals surface area contributed by atoms with E-state index in [9.17, 15) is 9.59 Å². The van der Waals surface area contributed by atoms with E-state index in [1.165, 1.54) is 0 Å². The number of nitrogens with one attached hydrogen (secondary N) is 1. The highest BCUT2D eigenvalue weighted by atomic mass is 16.6. The fraction of sp³-hybridized carbons (Fsp3) is 0.280. The highest BCUT2D eigenvalue weighted by Gasteiger charge is 2.20. The molecule has 0 aromatic heterocycles. The number of carbonyl (C=O) groups excluding carboxylic acids is 2. The Morgan fingerprint density at radius 1 is 0.933 bits per heavy atom. The van der Waals surface area contributed by atoms with E-state index < -0.39 is 11.7 Å². The summed E-state index contributed by atoms with van der Waals surface area (Å²) in [5.41, 5.74) is 2.43. The first kappa shape index (κ1) is 21.4. The average molecular weight is 405 g/mol. The molecule has 156 valence electrons. The number of benzene rings is 3. The molecule has 0 saturated carbocycles. The van der Waals surface area contributed by atoms with E-state index in [0.29, 0.717) is 17.7 Å². The van der Waals surface area contributed by atoms with E-state index in [0.717, 1.165) is 21.9 Å². The van der Waals surface area contributed by atoms with Crippen LogP contribution in [0.1, 0.15) is 39.7 Å². The van der Waals surface area contributed by atoms with Gasteiger partial charge in [0.05, 0.1) is 5.69 Å². The molecule has 5 nitrogen and oxygen atoms in total. The number of esters is 1. The van der Waals surface area contributed by atoms with Crippen molar-refractivity contribution in [2.75, 3.05) is 5.32 Å². The molecule has 0 aliphatic carbocycles. The summed E-state index contributed by atoms with van der Waals surface area (Å²) in [5.74, 6) is -0.297. The van der Waals surface area contributed by atoms with Gasteiger partial charge in [-0.05, 0) is 43.2 Å². The molecule has 3 aromatic carbocycles. The summed E-state index contributed by atoms with van der Waals surface area (Å²) in [6, 6.07) is 19.9. The third-order valence-corrected chi connectivity index (χ3v) is 4.51. The van der Waals surface area contributed by atoms with Gasteiger partial charge in [0.15, 0.2) is 0 Å². The number of para-hydroxylation sites is 1. The Kier molecular flexibility index (Phi) is 6.40. The van der Waals surface area contributed by atoms with Crippen LogP contribution in [0.2, 0.25) is 0 Å². The standard InChI is InChI=1S/C25H27NO4/c1-5-22(27)29-16-20-11-8-12-21(23(20)26-24(28)30-25(2,3)4)19-14-13-17-9-6-7-10-18(17)15-19/h6-15H,5,16H2,1-4H3,(H,26,28). The Morgan fingerprint density at radius 2 is 1.67 bits per heavy atom. The van der Waals surface area contributed by atoms with Crippen LogP contribution in [0, 0.1) is 0 Å². The van der Waals surface area contributed by atoms with Crippen molar-refractivity contribution in [3.05, 3.63) is 66.2 Å². The number of anilines is 1. The number of ether oxygens (including phenoxy) is 2. The van der Waals surface area contributed by atoms with E-state index in [1.54, 1.807) is 6.92 Å². The first-order valence-electron chi connectivity index (χ1n) is 10.0. The Morgan fingerprint density at radius 3 is 2.37 bits per heavy atom. The van der Waals surface area contributed by atoms with Gasteiger partial charge in [-0.1, -0.05) is 61.5 Å². The van der Waals surface area contributed by atoms with Crippen molar-refractivity contribution in [3.8, 4) is 11.1 Å². The van der Waals surface area contributed by atoms with Gasteiger partial charge in [0.25, 0.3) is 0 Å². The largest absolute Gasteiger partial charge is 0.461 e. The Balaban J connectivity index is 2.03. The van der Waals surface area contributed by atoms with Gasteiger partial charge in [-0.15, -0.1) is 0 Å². The summed E-state index contributed by atoms with van der Waals surface area (Å²) in [5, 5.41) is 5.10. The lowest BCUT2D eigenvalue weighted by molar-refractivity contribution is -0.144. The molecule has 1 amide bonds. The van der Waals surface area contributed by atoms with E-state index in [1.807, 2.05) is 69.3 Å². The van der Waals surface area contributed by atoms with Gasteiger partial charge in [-0.2, -0.15) is 0 Å². The maximum atomic E-state index is 12.5. The van der Waals surface area contributed by atoms with E-state index in [-0.39, 0.29) is 12.6 Å². The third-order valence-electron chi connectivity index (χ3n) is 4.51. The molecule has 3 aromatic rings. The summed E-state index contributed by atoms with van der Waals surface area (Å²) < 4.78 is 10.8. The molecule has 30 heavy (non-hydrogen) atoms. The smallest absolute Gasteiger partial charge is 0.412 e. The van der Waals surface area contributed by atoms with Gasteiger partial charge in [0.2, 0.25) is 0 Å².